The van der Waals surface area contributed by atoms with Crippen LogP contribution in [0.25, 0.3) is 0 Å². The molecule has 1 radical (unpaired) electrons. The molecule has 2 aromatic rings. The first-order chi connectivity index (χ1) is 10.2. The molecule has 1 saturated carbocycles. The Morgan fingerprint density at radius 2 is 2.38 bits per heavy atom. The Morgan fingerprint density at radius 1 is 1.48 bits per heavy atom. The first kappa shape index (κ1) is 13.8. The Hall–Kier alpha value is -2.17. The van der Waals surface area contributed by atoms with Gasteiger partial charge in [-0.05, 0) is 50.3 Å². The van der Waals surface area contributed by atoms with Gasteiger partial charge >= 0.3 is 0 Å². The Bertz CT molecular complexity index is 629. The summed E-state index contributed by atoms with van der Waals surface area (Å²) in [5, 5.41) is 10.0. The molecule has 5 heteroatoms. The highest BCUT2D eigenvalue weighted by atomic mass is 16.1. The molecule has 0 unspecified atom stereocenters. The normalized spacial score (nSPS) is 15.3. The van der Waals surface area contributed by atoms with Gasteiger partial charge in [-0.2, -0.15) is 5.10 Å². The summed E-state index contributed by atoms with van der Waals surface area (Å²) in [6.07, 6.45) is 7.69. The van der Waals surface area contributed by atoms with Crippen LogP contribution in [0.5, 0.6) is 0 Å². The van der Waals surface area contributed by atoms with E-state index in [-0.39, 0.29) is 12.3 Å². The van der Waals surface area contributed by atoms with Crippen LogP contribution in [0.15, 0.2) is 24.4 Å². The fraction of sp³-hybridized carbons (Fsp3) is 0.375. The molecular formula is C16H19N4O. The third kappa shape index (κ3) is 3.48. The predicted octanol–water partition coefficient (Wildman–Crippen LogP) is 2.77. The molecule has 0 bridgehead atoms. The van der Waals surface area contributed by atoms with Crippen molar-refractivity contribution in [1.29, 1.82) is 0 Å². The van der Waals surface area contributed by atoms with Gasteiger partial charge in [-0.1, -0.05) is 0 Å². The summed E-state index contributed by atoms with van der Waals surface area (Å²) in [6, 6.07) is 5.77. The Kier molecular flexibility index (Phi) is 3.99. The molecule has 3 rings (SSSR count). The number of anilines is 1. The summed E-state index contributed by atoms with van der Waals surface area (Å²) in [7, 11) is 0. The van der Waals surface area contributed by atoms with E-state index in [1.165, 1.54) is 0 Å². The number of aromatic amines is 1. The second kappa shape index (κ2) is 6.08. The second-order valence-electron chi connectivity index (χ2n) is 5.56. The SMILES string of the molecule is Cc1ccnc(CC(=O)Nc2cc([C@H]3C[CH]CC3)[nH]n2)c1. The van der Waals surface area contributed by atoms with Crippen LogP contribution in [0, 0.1) is 13.3 Å². The molecule has 2 aromatic heterocycles. The van der Waals surface area contributed by atoms with Gasteiger partial charge in [0.2, 0.25) is 5.91 Å². The molecule has 109 valence electrons. The van der Waals surface area contributed by atoms with Gasteiger partial charge in [0.15, 0.2) is 5.82 Å². The molecule has 0 aromatic carbocycles. The van der Waals surface area contributed by atoms with Gasteiger partial charge < -0.3 is 5.32 Å². The van der Waals surface area contributed by atoms with Crippen molar-refractivity contribution in [3.8, 4) is 0 Å². The predicted molar refractivity (Wildman–Crippen MR) is 80.8 cm³/mol. The van der Waals surface area contributed by atoms with Crippen LogP contribution in [0.3, 0.4) is 0 Å². The molecule has 1 atom stereocenters. The highest BCUT2D eigenvalue weighted by molar-refractivity contribution is 5.91. The number of carbonyl (C=O) groups excluding carboxylic acids is 1. The number of carbonyl (C=O) groups is 1. The molecule has 1 aliphatic rings. The van der Waals surface area contributed by atoms with E-state index in [2.05, 4.69) is 26.9 Å². The second-order valence-corrected chi connectivity index (χ2v) is 5.56. The molecule has 5 nitrogen and oxygen atoms in total. The van der Waals surface area contributed by atoms with Crippen molar-refractivity contribution in [1.82, 2.24) is 15.2 Å². The molecule has 1 amide bonds. The summed E-state index contributed by atoms with van der Waals surface area (Å²) >= 11 is 0. The highest BCUT2D eigenvalue weighted by Gasteiger charge is 2.19. The number of aryl methyl sites for hydroxylation is 1. The Balaban J connectivity index is 1.59. The summed E-state index contributed by atoms with van der Waals surface area (Å²) in [5.74, 6) is 1.01. The van der Waals surface area contributed by atoms with Gasteiger partial charge in [0.25, 0.3) is 0 Å². The van der Waals surface area contributed by atoms with E-state index in [0.717, 1.165) is 36.2 Å². The lowest BCUT2D eigenvalue weighted by molar-refractivity contribution is -0.115. The van der Waals surface area contributed by atoms with Crippen molar-refractivity contribution in [2.24, 2.45) is 0 Å². The third-order valence-electron chi connectivity index (χ3n) is 3.79. The number of nitrogens with zero attached hydrogens (tertiary/aromatic N) is 2. The lowest BCUT2D eigenvalue weighted by Crippen LogP contribution is -2.15. The number of nitrogens with one attached hydrogen (secondary N) is 2. The molecule has 1 fully saturated rings. The summed E-state index contributed by atoms with van der Waals surface area (Å²) in [6.45, 7) is 1.99. The van der Waals surface area contributed by atoms with Crippen molar-refractivity contribution in [3.05, 3.63) is 47.8 Å². The van der Waals surface area contributed by atoms with Gasteiger partial charge in [0.05, 0.1) is 6.42 Å². The first-order valence-electron chi connectivity index (χ1n) is 7.29. The van der Waals surface area contributed by atoms with Crippen LogP contribution in [0.2, 0.25) is 0 Å². The van der Waals surface area contributed by atoms with E-state index in [0.29, 0.717) is 11.7 Å². The van der Waals surface area contributed by atoms with Crippen LogP contribution < -0.4 is 5.32 Å². The van der Waals surface area contributed by atoms with Gasteiger partial charge in [-0.25, -0.2) is 0 Å². The van der Waals surface area contributed by atoms with E-state index in [4.69, 9.17) is 0 Å². The van der Waals surface area contributed by atoms with Crippen LogP contribution in [0.1, 0.15) is 42.1 Å². The van der Waals surface area contributed by atoms with Gasteiger partial charge in [0.1, 0.15) is 0 Å². The van der Waals surface area contributed by atoms with Crippen molar-refractivity contribution >= 4 is 11.7 Å². The number of amides is 1. The minimum absolute atomic E-state index is 0.0934. The van der Waals surface area contributed by atoms with E-state index in [1.54, 1.807) is 6.20 Å². The zero-order valence-electron chi connectivity index (χ0n) is 12.1. The van der Waals surface area contributed by atoms with E-state index >= 15 is 0 Å². The standard InChI is InChI=1S/C16H19N4O/c1-11-6-7-17-13(8-11)9-16(21)18-15-10-14(19-20-15)12-4-2-3-5-12/h2,6-8,10,12H,3-5,9H2,1H3,(H2,18,19,20,21)/t12-/m0/s1. The zero-order chi connectivity index (χ0) is 14.7. The average Bonchev–Trinajstić information content (AvgIpc) is 3.08. The number of hydrogen-bond acceptors (Lipinski definition) is 3. The first-order valence-corrected chi connectivity index (χ1v) is 7.29. The number of rotatable bonds is 4. The van der Waals surface area contributed by atoms with E-state index < -0.39 is 0 Å². The van der Waals surface area contributed by atoms with Crippen molar-refractivity contribution < 1.29 is 4.79 Å². The molecule has 0 spiro atoms. The van der Waals surface area contributed by atoms with Gasteiger partial charge in [-0.15, -0.1) is 0 Å². The minimum atomic E-state index is -0.0934. The minimum Gasteiger partial charge on any atom is -0.309 e. The molecule has 21 heavy (non-hydrogen) atoms. The maximum Gasteiger partial charge on any atom is 0.231 e. The van der Waals surface area contributed by atoms with Crippen LogP contribution in [-0.2, 0) is 11.2 Å². The molecule has 2 heterocycles. The number of pyridine rings is 1. The van der Waals surface area contributed by atoms with Gasteiger partial charge in [0, 0.05) is 29.6 Å². The molecule has 1 aliphatic carbocycles. The maximum absolute atomic E-state index is 12.0. The molecule has 2 N–H and O–H groups in total. The fourth-order valence-corrected chi connectivity index (χ4v) is 2.70. The maximum atomic E-state index is 12.0. The summed E-state index contributed by atoms with van der Waals surface area (Å²) < 4.78 is 0. The van der Waals surface area contributed by atoms with E-state index in [1.807, 2.05) is 25.1 Å². The van der Waals surface area contributed by atoms with Crippen molar-refractivity contribution in [2.75, 3.05) is 5.32 Å². The number of hydrogen-bond donors (Lipinski definition) is 2. The largest absolute Gasteiger partial charge is 0.309 e. The van der Waals surface area contributed by atoms with Crippen LogP contribution in [-0.4, -0.2) is 21.1 Å². The Morgan fingerprint density at radius 3 is 3.14 bits per heavy atom. The Labute approximate surface area is 124 Å². The smallest absolute Gasteiger partial charge is 0.231 e. The monoisotopic (exact) mass is 283 g/mol. The van der Waals surface area contributed by atoms with Gasteiger partial charge in [-0.3, -0.25) is 14.9 Å². The quantitative estimate of drug-likeness (QED) is 0.906. The number of H-pyrrole nitrogens is 1. The zero-order valence-corrected chi connectivity index (χ0v) is 12.1. The van der Waals surface area contributed by atoms with Crippen molar-refractivity contribution in [2.45, 2.75) is 38.5 Å². The lowest BCUT2D eigenvalue weighted by atomic mass is 10.0. The summed E-state index contributed by atoms with van der Waals surface area (Å²) in [4.78, 5) is 16.2. The average molecular weight is 283 g/mol. The topological polar surface area (TPSA) is 70.7 Å². The lowest BCUT2D eigenvalue weighted by Gasteiger charge is -2.04. The molecule has 0 aliphatic heterocycles. The van der Waals surface area contributed by atoms with Crippen LogP contribution >= 0.6 is 0 Å². The number of aromatic nitrogens is 3. The van der Waals surface area contributed by atoms with E-state index in [9.17, 15) is 4.79 Å². The van der Waals surface area contributed by atoms with Crippen molar-refractivity contribution in [3.63, 3.8) is 0 Å². The van der Waals surface area contributed by atoms with Crippen LogP contribution in [0.4, 0.5) is 5.82 Å². The summed E-state index contributed by atoms with van der Waals surface area (Å²) in [5.41, 5.74) is 2.98. The molecular weight excluding hydrogens is 264 g/mol. The third-order valence-corrected chi connectivity index (χ3v) is 3.79. The highest BCUT2D eigenvalue weighted by Crippen LogP contribution is 2.32. The molecule has 0 saturated heterocycles. The fourth-order valence-electron chi connectivity index (χ4n) is 2.70.